The van der Waals surface area contributed by atoms with Crippen LogP contribution >= 0.6 is 0 Å². The van der Waals surface area contributed by atoms with Gasteiger partial charge in [0.15, 0.2) is 0 Å². The molecule has 2 aromatic carbocycles. The summed E-state index contributed by atoms with van der Waals surface area (Å²) in [6.45, 7) is 7.48. The van der Waals surface area contributed by atoms with Crippen molar-refractivity contribution < 1.29 is 38.3 Å². The number of aryl methyl sites for hydroxylation is 2. The zero-order valence-electron chi connectivity index (χ0n) is 34.1. The number of aldehydes is 1. The van der Waals surface area contributed by atoms with Crippen LogP contribution in [-0.2, 0) is 39.9 Å². The molecule has 2 aromatic rings. The Morgan fingerprint density at radius 3 is 2.18 bits per heavy atom. The van der Waals surface area contributed by atoms with Crippen molar-refractivity contribution in [2.75, 3.05) is 52.2 Å². The number of hydrogen-bond donors (Lipinski definition) is 4. The Hall–Kier alpha value is -5.31. The van der Waals surface area contributed by atoms with Gasteiger partial charge in [0.25, 0.3) is 0 Å². The van der Waals surface area contributed by atoms with Crippen molar-refractivity contribution in [2.45, 2.75) is 103 Å². The number of nitrogens with zero attached hydrogens (tertiary/aromatic N) is 3. The molecular weight excluding hydrogens is 731 g/mol. The maximum atomic E-state index is 13.4. The molecule has 0 aromatic heterocycles. The molecule has 4 unspecified atom stereocenters. The second-order valence-electron chi connectivity index (χ2n) is 14.5. The highest BCUT2D eigenvalue weighted by Crippen LogP contribution is 2.25. The smallest absolute Gasteiger partial charge is 0.323 e. The van der Waals surface area contributed by atoms with Gasteiger partial charge in [0.1, 0.15) is 31.0 Å². The Labute approximate surface area is 336 Å². The van der Waals surface area contributed by atoms with E-state index < -0.39 is 18.1 Å². The van der Waals surface area contributed by atoms with Gasteiger partial charge in [-0.05, 0) is 96.5 Å². The van der Waals surface area contributed by atoms with Gasteiger partial charge in [-0.1, -0.05) is 55.0 Å². The fourth-order valence-corrected chi connectivity index (χ4v) is 6.85. The van der Waals surface area contributed by atoms with E-state index in [9.17, 15) is 33.6 Å². The normalized spacial score (nSPS) is 19.4. The van der Waals surface area contributed by atoms with Crippen molar-refractivity contribution >= 4 is 47.6 Å². The zero-order chi connectivity index (χ0) is 41.7. The van der Waals surface area contributed by atoms with E-state index in [1.165, 1.54) is 12.6 Å². The Morgan fingerprint density at radius 2 is 1.54 bits per heavy atom. The largest absolute Gasteiger partial charge is 0.464 e. The third kappa shape index (κ3) is 15.3. The highest BCUT2D eigenvalue weighted by Gasteiger charge is 2.41. The Bertz CT molecular complexity index is 1640. The van der Waals surface area contributed by atoms with E-state index in [-0.39, 0.29) is 61.2 Å². The summed E-state index contributed by atoms with van der Waals surface area (Å²) < 4.78 is 5.33. The van der Waals surface area contributed by atoms with Gasteiger partial charge in [-0.25, -0.2) is 4.79 Å². The molecule has 15 nitrogen and oxygen atoms in total. The highest BCUT2D eigenvalue weighted by molar-refractivity contribution is 5.94. The van der Waals surface area contributed by atoms with Crippen LogP contribution in [0.5, 0.6) is 0 Å². The molecule has 0 bridgehead atoms. The number of likely N-dealkylation sites (N-methyl/N-ethyl adjacent to an activating group) is 2. The molecule has 0 radical (unpaired) electrons. The number of benzene rings is 2. The quantitative estimate of drug-likeness (QED) is 0.185. The van der Waals surface area contributed by atoms with E-state index in [0.29, 0.717) is 38.6 Å². The number of esters is 1. The van der Waals surface area contributed by atoms with Gasteiger partial charge in [-0.2, -0.15) is 0 Å². The second kappa shape index (κ2) is 24.4. The molecule has 4 N–H and O–H groups in total. The average Bonchev–Trinajstić information content (AvgIpc) is 3.90. The summed E-state index contributed by atoms with van der Waals surface area (Å²) in [4.78, 5) is 89.4. The van der Waals surface area contributed by atoms with Gasteiger partial charge in [0, 0.05) is 25.8 Å². The van der Waals surface area contributed by atoms with Crippen LogP contribution in [0.25, 0.3) is 0 Å². The summed E-state index contributed by atoms with van der Waals surface area (Å²) >= 11 is 0. The maximum Gasteiger partial charge on any atom is 0.323 e. The van der Waals surface area contributed by atoms with Crippen LogP contribution in [0.4, 0.5) is 10.5 Å². The summed E-state index contributed by atoms with van der Waals surface area (Å²) in [5.74, 6) is -1.30. The SMILES string of the molecule is CC(C=O)NC(=O)C1CCCCN1C(=O)C1CCCN1C(=O)CCOC(=O)C1CCCN1C.CCc1cccc(NC(=O)NCC(=O)NC)c1.Cc1ccccc1. The van der Waals surface area contributed by atoms with Crippen molar-refractivity contribution in [1.82, 2.24) is 30.7 Å². The van der Waals surface area contributed by atoms with Gasteiger partial charge < -0.3 is 40.6 Å². The van der Waals surface area contributed by atoms with Crippen LogP contribution in [-0.4, -0.2) is 128 Å². The van der Waals surface area contributed by atoms with Gasteiger partial charge >= 0.3 is 12.0 Å². The van der Waals surface area contributed by atoms with E-state index in [0.717, 1.165) is 49.9 Å². The minimum Gasteiger partial charge on any atom is -0.464 e. The molecule has 312 valence electrons. The molecule has 0 aliphatic carbocycles. The summed E-state index contributed by atoms with van der Waals surface area (Å²) in [7, 11) is 3.41. The van der Waals surface area contributed by atoms with Crippen LogP contribution in [0.3, 0.4) is 0 Å². The number of nitrogens with one attached hydrogen (secondary N) is 4. The monoisotopic (exact) mass is 791 g/mol. The van der Waals surface area contributed by atoms with E-state index in [4.69, 9.17) is 4.74 Å². The average molecular weight is 792 g/mol. The summed E-state index contributed by atoms with van der Waals surface area (Å²) in [5.41, 5.74) is 3.19. The first-order chi connectivity index (χ1) is 27.4. The van der Waals surface area contributed by atoms with E-state index >= 15 is 0 Å². The van der Waals surface area contributed by atoms with Crippen LogP contribution in [0.2, 0.25) is 0 Å². The Balaban J connectivity index is 0.000000298. The van der Waals surface area contributed by atoms with Crippen LogP contribution < -0.4 is 21.3 Å². The molecule has 3 heterocycles. The molecule has 4 atom stereocenters. The fourth-order valence-electron chi connectivity index (χ4n) is 6.85. The molecule has 3 aliphatic heterocycles. The highest BCUT2D eigenvalue weighted by atomic mass is 16.5. The van der Waals surface area contributed by atoms with Gasteiger partial charge in [-0.15, -0.1) is 0 Å². The molecule has 3 saturated heterocycles. The van der Waals surface area contributed by atoms with E-state index in [2.05, 4.69) is 40.3 Å². The molecular formula is C42H61N7O8. The van der Waals surface area contributed by atoms with Crippen molar-refractivity contribution in [1.29, 1.82) is 0 Å². The Morgan fingerprint density at radius 1 is 0.860 bits per heavy atom. The number of amides is 6. The van der Waals surface area contributed by atoms with Gasteiger partial charge in [0.2, 0.25) is 23.6 Å². The molecule has 3 fully saturated rings. The topological polar surface area (TPSA) is 187 Å². The number of likely N-dealkylation sites (tertiary alicyclic amines) is 3. The number of piperidine rings is 1. The number of hydrogen-bond acceptors (Lipinski definition) is 9. The van der Waals surface area contributed by atoms with Crippen molar-refractivity contribution in [3.63, 3.8) is 0 Å². The van der Waals surface area contributed by atoms with E-state index in [1.807, 2.05) is 55.3 Å². The van der Waals surface area contributed by atoms with Crippen molar-refractivity contribution in [3.05, 3.63) is 65.7 Å². The predicted octanol–water partition coefficient (Wildman–Crippen LogP) is 3.20. The number of ether oxygens (including phenoxy) is 1. The minimum atomic E-state index is -0.629. The summed E-state index contributed by atoms with van der Waals surface area (Å²) in [5, 5.41) is 10.2. The number of carbonyl (C=O) groups excluding carboxylic acids is 7. The molecule has 5 rings (SSSR count). The number of rotatable bonds is 12. The lowest BCUT2D eigenvalue weighted by Crippen LogP contribution is -2.57. The predicted molar refractivity (Wildman–Crippen MR) is 217 cm³/mol. The number of urea groups is 1. The first-order valence-electron chi connectivity index (χ1n) is 20.0. The van der Waals surface area contributed by atoms with Crippen molar-refractivity contribution in [2.24, 2.45) is 0 Å². The fraction of sp³-hybridized carbons (Fsp3) is 0.548. The zero-order valence-corrected chi connectivity index (χ0v) is 34.1. The Kier molecular flexibility index (Phi) is 19.7. The molecule has 3 aliphatic rings. The second-order valence-corrected chi connectivity index (χ2v) is 14.5. The lowest BCUT2D eigenvalue weighted by atomic mass is 9.99. The molecule has 0 spiro atoms. The van der Waals surface area contributed by atoms with Crippen molar-refractivity contribution in [3.8, 4) is 0 Å². The lowest BCUT2D eigenvalue weighted by molar-refractivity contribution is -0.152. The maximum absolute atomic E-state index is 13.4. The lowest BCUT2D eigenvalue weighted by Gasteiger charge is -2.38. The standard InChI is InChI=1S/C23H36N4O6.C12H17N3O2.C7H8/c1-16(15-28)24-21(30)17-7-3-4-12-27(17)22(31)18-8-6-13-26(18)20(29)10-14-33-23(32)19-9-5-11-25(19)2;1-3-9-5-4-6-10(7-9)15-12(17)14-8-11(16)13-2;1-7-5-3-2-4-6-7/h15-19H,3-14H2,1-2H3,(H,24,30);4-7H,3,8H2,1-2H3,(H,13,16)(H2,14,15,17);2-6H,1H3. The third-order valence-corrected chi connectivity index (χ3v) is 10.1. The first kappa shape index (κ1) is 46.1. The molecule has 57 heavy (non-hydrogen) atoms. The third-order valence-electron chi connectivity index (χ3n) is 10.1. The van der Waals surface area contributed by atoms with Gasteiger partial charge in [-0.3, -0.25) is 28.9 Å². The first-order valence-corrected chi connectivity index (χ1v) is 20.0. The van der Waals surface area contributed by atoms with Gasteiger partial charge in [0.05, 0.1) is 19.0 Å². The van der Waals surface area contributed by atoms with Crippen LogP contribution in [0.15, 0.2) is 54.6 Å². The molecule has 0 saturated carbocycles. The molecule has 6 amide bonds. The van der Waals surface area contributed by atoms with E-state index in [1.54, 1.807) is 22.8 Å². The van der Waals surface area contributed by atoms with Crippen LogP contribution in [0.1, 0.15) is 76.3 Å². The number of carbonyl (C=O) groups is 7. The molecule has 15 heteroatoms. The summed E-state index contributed by atoms with van der Waals surface area (Å²) in [6.07, 6.45) is 6.74. The number of anilines is 1. The minimum absolute atomic E-state index is 0.00224. The van der Waals surface area contributed by atoms with Crippen LogP contribution in [0, 0.1) is 6.92 Å². The summed E-state index contributed by atoms with van der Waals surface area (Å²) in [6, 6.07) is 15.4.